The molecule has 2 N–H and O–H groups in total. The third-order valence-electron chi connectivity index (χ3n) is 3.71. The van der Waals surface area contributed by atoms with Gasteiger partial charge >= 0.3 is 5.97 Å². The SMILES string of the molecule is O=C(O)CCNCc1cccc(OCCCCc2ccccc2)c1. The lowest BCUT2D eigenvalue weighted by Crippen LogP contribution is -2.17. The largest absolute Gasteiger partial charge is 0.494 e. The molecule has 0 unspecified atom stereocenters. The van der Waals surface area contributed by atoms with Crippen molar-refractivity contribution in [3.63, 3.8) is 0 Å². The van der Waals surface area contributed by atoms with E-state index in [0.29, 0.717) is 19.7 Å². The minimum atomic E-state index is -0.782. The number of rotatable bonds is 11. The maximum absolute atomic E-state index is 10.5. The summed E-state index contributed by atoms with van der Waals surface area (Å²) in [5, 5.41) is 11.7. The van der Waals surface area contributed by atoms with Gasteiger partial charge in [-0.15, -0.1) is 0 Å². The highest BCUT2D eigenvalue weighted by molar-refractivity contribution is 5.66. The molecule has 0 aliphatic rings. The van der Waals surface area contributed by atoms with E-state index in [1.54, 1.807) is 0 Å². The topological polar surface area (TPSA) is 58.6 Å². The van der Waals surface area contributed by atoms with E-state index in [1.807, 2.05) is 30.3 Å². The van der Waals surface area contributed by atoms with Crippen LogP contribution in [0.4, 0.5) is 0 Å². The molecule has 4 heteroatoms. The van der Waals surface area contributed by atoms with Gasteiger partial charge in [-0.3, -0.25) is 4.79 Å². The van der Waals surface area contributed by atoms with Crippen LogP contribution in [0.15, 0.2) is 54.6 Å². The molecule has 128 valence electrons. The molecule has 0 spiro atoms. The first-order valence-corrected chi connectivity index (χ1v) is 8.42. The van der Waals surface area contributed by atoms with Gasteiger partial charge in [0.05, 0.1) is 13.0 Å². The number of carboxylic acids is 1. The van der Waals surface area contributed by atoms with E-state index in [0.717, 1.165) is 30.6 Å². The molecule has 24 heavy (non-hydrogen) atoms. The van der Waals surface area contributed by atoms with Gasteiger partial charge in [0.1, 0.15) is 5.75 Å². The number of hydrogen-bond acceptors (Lipinski definition) is 3. The first-order chi connectivity index (χ1) is 11.7. The summed E-state index contributed by atoms with van der Waals surface area (Å²) in [5.74, 6) is 0.0855. The predicted octanol–water partition coefficient (Wildman–Crippen LogP) is 3.65. The van der Waals surface area contributed by atoms with Gasteiger partial charge < -0.3 is 15.2 Å². The van der Waals surface area contributed by atoms with E-state index in [1.165, 1.54) is 5.56 Å². The molecule has 0 aliphatic heterocycles. The third kappa shape index (κ3) is 7.29. The van der Waals surface area contributed by atoms with Crippen LogP contribution in [0.5, 0.6) is 5.75 Å². The minimum absolute atomic E-state index is 0.137. The lowest BCUT2D eigenvalue weighted by atomic mass is 10.1. The van der Waals surface area contributed by atoms with Crippen LogP contribution in [0.3, 0.4) is 0 Å². The maximum atomic E-state index is 10.5. The number of benzene rings is 2. The Balaban J connectivity index is 1.63. The van der Waals surface area contributed by atoms with Crippen molar-refractivity contribution >= 4 is 5.97 Å². The summed E-state index contributed by atoms with van der Waals surface area (Å²) in [5.41, 5.74) is 2.47. The van der Waals surface area contributed by atoms with Crippen LogP contribution in [-0.2, 0) is 17.8 Å². The van der Waals surface area contributed by atoms with E-state index in [-0.39, 0.29) is 6.42 Å². The van der Waals surface area contributed by atoms with Crippen LogP contribution in [0.2, 0.25) is 0 Å². The van der Waals surface area contributed by atoms with Crippen molar-refractivity contribution in [1.82, 2.24) is 5.32 Å². The molecule has 0 fully saturated rings. The number of aryl methyl sites for hydroxylation is 1. The molecule has 0 amide bonds. The van der Waals surface area contributed by atoms with Gasteiger partial charge in [0.2, 0.25) is 0 Å². The molecular weight excluding hydrogens is 302 g/mol. The summed E-state index contributed by atoms with van der Waals surface area (Å²) >= 11 is 0. The van der Waals surface area contributed by atoms with Crippen molar-refractivity contribution in [2.75, 3.05) is 13.2 Å². The quantitative estimate of drug-likeness (QED) is 0.619. The predicted molar refractivity (Wildman–Crippen MR) is 95.3 cm³/mol. The Bertz CT molecular complexity index is 613. The second-order valence-electron chi connectivity index (χ2n) is 5.76. The van der Waals surface area contributed by atoms with Gasteiger partial charge in [0, 0.05) is 13.1 Å². The van der Waals surface area contributed by atoms with Crippen LogP contribution >= 0.6 is 0 Å². The van der Waals surface area contributed by atoms with Crippen molar-refractivity contribution in [2.45, 2.75) is 32.2 Å². The normalized spacial score (nSPS) is 10.5. The fourth-order valence-electron chi connectivity index (χ4n) is 2.44. The first-order valence-electron chi connectivity index (χ1n) is 8.42. The van der Waals surface area contributed by atoms with Gasteiger partial charge in [-0.05, 0) is 42.5 Å². The van der Waals surface area contributed by atoms with Crippen molar-refractivity contribution in [3.05, 3.63) is 65.7 Å². The number of nitrogens with one attached hydrogen (secondary N) is 1. The summed E-state index contributed by atoms with van der Waals surface area (Å²) < 4.78 is 5.81. The molecule has 0 saturated heterocycles. The molecule has 0 bridgehead atoms. The maximum Gasteiger partial charge on any atom is 0.304 e. The molecule has 2 aromatic carbocycles. The Morgan fingerprint density at radius 1 is 1.00 bits per heavy atom. The molecule has 2 rings (SSSR count). The highest BCUT2D eigenvalue weighted by Gasteiger charge is 2.00. The summed E-state index contributed by atoms with van der Waals surface area (Å²) in [6, 6.07) is 18.4. The van der Waals surface area contributed by atoms with Crippen LogP contribution < -0.4 is 10.1 Å². The van der Waals surface area contributed by atoms with Crippen LogP contribution in [0, 0.1) is 0 Å². The van der Waals surface area contributed by atoms with Crippen LogP contribution in [0.1, 0.15) is 30.4 Å². The molecule has 4 nitrogen and oxygen atoms in total. The van der Waals surface area contributed by atoms with Crippen molar-refractivity contribution < 1.29 is 14.6 Å². The Kier molecular flexibility index (Phi) is 7.84. The summed E-state index contributed by atoms with van der Waals surface area (Å²) in [4.78, 5) is 10.5. The lowest BCUT2D eigenvalue weighted by molar-refractivity contribution is -0.136. The number of aliphatic carboxylic acids is 1. The van der Waals surface area contributed by atoms with E-state index >= 15 is 0 Å². The Morgan fingerprint density at radius 3 is 2.58 bits per heavy atom. The minimum Gasteiger partial charge on any atom is -0.494 e. The lowest BCUT2D eigenvalue weighted by Gasteiger charge is -2.09. The smallest absolute Gasteiger partial charge is 0.304 e. The second-order valence-corrected chi connectivity index (χ2v) is 5.76. The number of carbonyl (C=O) groups is 1. The molecule has 0 heterocycles. The Labute approximate surface area is 143 Å². The molecular formula is C20H25NO3. The fourth-order valence-corrected chi connectivity index (χ4v) is 2.44. The number of ether oxygens (including phenoxy) is 1. The fraction of sp³-hybridized carbons (Fsp3) is 0.350. The number of unbranched alkanes of at least 4 members (excludes halogenated alkanes) is 1. The summed E-state index contributed by atoms with van der Waals surface area (Å²) in [6.07, 6.45) is 3.35. The Hall–Kier alpha value is -2.33. The zero-order valence-electron chi connectivity index (χ0n) is 13.9. The Morgan fingerprint density at radius 2 is 1.79 bits per heavy atom. The van der Waals surface area contributed by atoms with E-state index in [4.69, 9.17) is 9.84 Å². The number of hydrogen-bond donors (Lipinski definition) is 2. The van der Waals surface area contributed by atoms with Gasteiger partial charge in [0.15, 0.2) is 0 Å². The van der Waals surface area contributed by atoms with Crippen LogP contribution in [-0.4, -0.2) is 24.2 Å². The van der Waals surface area contributed by atoms with Crippen LogP contribution in [0.25, 0.3) is 0 Å². The summed E-state index contributed by atoms with van der Waals surface area (Å²) in [6.45, 7) is 1.83. The van der Waals surface area contributed by atoms with Crippen molar-refractivity contribution in [2.24, 2.45) is 0 Å². The zero-order valence-corrected chi connectivity index (χ0v) is 13.9. The van der Waals surface area contributed by atoms with E-state index in [2.05, 4.69) is 29.6 Å². The van der Waals surface area contributed by atoms with Crippen molar-refractivity contribution in [3.8, 4) is 5.75 Å². The highest BCUT2D eigenvalue weighted by atomic mass is 16.5. The molecule has 0 aromatic heterocycles. The molecule has 0 radical (unpaired) electrons. The van der Waals surface area contributed by atoms with E-state index < -0.39 is 5.97 Å². The average molecular weight is 327 g/mol. The number of carboxylic acid groups (broad SMARTS) is 1. The highest BCUT2D eigenvalue weighted by Crippen LogP contribution is 2.14. The monoisotopic (exact) mass is 327 g/mol. The van der Waals surface area contributed by atoms with Crippen molar-refractivity contribution in [1.29, 1.82) is 0 Å². The summed E-state index contributed by atoms with van der Waals surface area (Å²) in [7, 11) is 0. The van der Waals surface area contributed by atoms with Gasteiger partial charge in [-0.25, -0.2) is 0 Å². The van der Waals surface area contributed by atoms with E-state index in [9.17, 15) is 4.79 Å². The zero-order chi connectivity index (χ0) is 17.0. The molecule has 0 aliphatic carbocycles. The average Bonchev–Trinajstić information content (AvgIpc) is 2.60. The van der Waals surface area contributed by atoms with Gasteiger partial charge in [-0.2, -0.15) is 0 Å². The van der Waals surface area contributed by atoms with Gasteiger partial charge in [0.25, 0.3) is 0 Å². The molecule has 0 saturated carbocycles. The second kappa shape index (κ2) is 10.4. The standard InChI is InChI=1S/C20H25NO3/c22-20(23)12-13-21-16-18-10-6-11-19(15-18)24-14-5-4-9-17-7-2-1-3-8-17/h1-3,6-8,10-11,15,21H,4-5,9,12-14,16H2,(H,22,23). The molecule has 2 aromatic rings. The first kappa shape index (κ1) is 18.0. The van der Waals surface area contributed by atoms with Gasteiger partial charge in [-0.1, -0.05) is 42.5 Å². The third-order valence-corrected chi connectivity index (χ3v) is 3.71. The molecule has 0 atom stereocenters.